The lowest BCUT2D eigenvalue weighted by Gasteiger charge is -2.42. The van der Waals surface area contributed by atoms with Gasteiger partial charge >= 0.3 is 6.09 Å². The molecule has 14 nitrogen and oxygen atoms in total. The van der Waals surface area contributed by atoms with Crippen molar-refractivity contribution in [1.82, 2.24) is 20.5 Å². The average molecular weight is 839 g/mol. The van der Waals surface area contributed by atoms with Gasteiger partial charge in [-0.2, -0.15) is 0 Å². The lowest BCUT2D eigenvalue weighted by atomic mass is 9.78. The van der Waals surface area contributed by atoms with E-state index >= 15 is 0 Å². The van der Waals surface area contributed by atoms with Gasteiger partial charge in [0.15, 0.2) is 0 Å². The number of methoxy groups -OCH3 is 1. The van der Waals surface area contributed by atoms with Gasteiger partial charge in [-0.15, -0.1) is 0 Å². The minimum absolute atomic E-state index is 0.106. The summed E-state index contributed by atoms with van der Waals surface area (Å²) in [5, 5.41) is 16.7. The van der Waals surface area contributed by atoms with Crippen LogP contribution < -0.4 is 21.1 Å². The van der Waals surface area contributed by atoms with Crippen LogP contribution in [0.2, 0.25) is 10.0 Å². The quantitative estimate of drug-likeness (QED) is 0.0599. The van der Waals surface area contributed by atoms with Crippen molar-refractivity contribution in [3.8, 4) is 5.75 Å². The van der Waals surface area contributed by atoms with Crippen molar-refractivity contribution < 1.29 is 43.2 Å². The second kappa shape index (κ2) is 22.3. The van der Waals surface area contributed by atoms with E-state index in [1.165, 1.54) is 4.90 Å². The van der Waals surface area contributed by atoms with Crippen LogP contribution in [0.25, 0.3) is 10.9 Å². The highest BCUT2D eigenvalue weighted by molar-refractivity contribution is 7.80. The van der Waals surface area contributed by atoms with Crippen LogP contribution in [-0.2, 0) is 47.8 Å². The van der Waals surface area contributed by atoms with Crippen LogP contribution in [0.15, 0.2) is 36.4 Å². The number of nitrogens with zero attached hydrogens (tertiary/aromatic N) is 1. The fraction of sp³-hybridized carbons (Fsp3) is 0.538. The van der Waals surface area contributed by atoms with E-state index in [2.05, 4.69) is 15.6 Å². The van der Waals surface area contributed by atoms with E-state index in [0.717, 1.165) is 28.6 Å². The Kier molecular flexibility index (Phi) is 17.9. The molecular formula is C39H53Cl2N5O9S. The predicted octanol–water partition coefficient (Wildman–Crippen LogP) is 5.08. The Bertz CT molecular complexity index is 1780. The van der Waals surface area contributed by atoms with Gasteiger partial charge in [0.1, 0.15) is 23.9 Å². The molecule has 1 aromatic heterocycles. The molecule has 6 N–H and O–H groups in total. The summed E-state index contributed by atoms with van der Waals surface area (Å²) >= 11 is 18.3. The first-order valence-corrected chi connectivity index (χ1v) is 19.9. The molecule has 1 aliphatic rings. The van der Waals surface area contributed by atoms with Crippen molar-refractivity contribution in [2.24, 2.45) is 5.73 Å². The van der Waals surface area contributed by atoms with Crippen LogP contribution in [-0.4, -0.2) is 123 Å². The molecule has 1 aliphatic carbocycles. The number of benzene rings is 2. The van der Waals surface area contributed by atoms with Crippen molar-refractivity contribution in [3.63, 3.8) is 0 Å². The number of thiocarbonyl (C=S) groups is 1. The Morgan fingerprint density at radius 1 is 1.00 bits per heavy atom. The molecule has 308 valence electrons. The van der Waals surface area contributed by atoms with E-state index in [0.29, 0.717) is 93.4 Å². The van der Waals surface area contributed by atoms with Crippen LogP contribution in [0, 0.1) is 0 Å². The van der Waals surface area contributed by atoms with Crippen molar-refractivity contribution in [3.05, 3.63) is 63.3 Å². The third-order valence-corrected chi connectivity index (χ3v) is 10.5. The predicted molar refractivity (Wildman–Crippen MR) is 219 cm³/mol. The molecule has 0 radical (unpaired) electrons. The number of hydrogen-bond donors (Lipinski definition) is 5. The van der Waals surface area contributed by atoms with Gasteiger partial charge in [-0.1, -0.05) is 60.9 Å². The number of carbonyl (C=O) groups excluding carboxylic acids is 2. The Hall–Kier alpha value is -3.70. The monoisotopic (exact) mass is 837 g/mol. The van der Waals surface area contributed by atoms with Gasteiger partial charge in [-0.05, 0) is 67.5 Å². The Morgan fingerprint density at radius 3 is 2.25 bits per heavy atom. The van der Waals surface area contributed by atoms with Crippen LogP contribution in [0.5, 0.6) is 5.75 Å². The maximum absolute atomic E-state index is 14.6. The summed E-state index contributed by atoms with van der Waals surface area (Å²) in [4.78, 5) is 45.7. The molecular weight excluding hydrogens is 785 g/mol. The van der Waals surface area contributed by atoms with E-state index in [-0.39, 0.29) is 30.2 Å². The Balaban J connectivity index is 1.40. The molecule has 0 bridgehead atoms. The summed E-state index contributed by atoms with van der Waals surface area (Å²) in [7, 11) is 3.25. The summed E-state index contributed by atoms with van der Waals surface area (Å²) < 4.78 is 27.1. The first-order chi connectivity index (χ1) is 26.9. The number of halogens is 2. The number of hydrogen-bond acceptors (Lipinski definition) is 9. The highest BCUT2D eigenvalue weighted by Crippen LogP contribution is 2.39. The zero-order chi connectivity index (χ0) is 40.7. The zero-order valence-corrected chi connectivity index (χ0v) is 34.5. The lowest BCUT2D eigenvalue weighted by Crippen LogP contribution is -2.66. The number of nitrogens with one attached hydrogen (secondary N) is 3. The van der Waals surface area contributed by atoms with E-state index < -0.39 is 29.6 Å². The summed E-state index contributed by atoms with van der Waals surface area (Å²) in [6.07, 6.45) is 1.12. The van der Waals surface area contributed by atoms with Gasteiger partial charge in [0, 0.05) is 36.7 Å². The fourth-order valence-electron chi connectivity index (χ4n) is 6.80. The molecule has 0 saturated heterocycles. The van der Waals surface area contributed by atoms with Crippen LogP contribution in [0.1, 0.15) is 49.4 Å². The molecule has 0 aliphatic heterocycles. The number of H-pyrrole nitrogens is 1. The van der Waals surface area contributed by atoms with Crippen LogP contribution in [0.4, 0.5) is 4.79 Å². The van der Waals surface area contributed by atoms with E-state index in [4.69, 9.17) is 64.8 Å². The van der Waals surface area contributed by atoms with Gasteiger partial charge in [0.25, 0.3) is 0 Å². The molecule has 3 atom stereocenters. The smallest absolute Gasteiger partial charge is 0.405 e. The lowest BCUT2D eigenvalue weighted by molar-refractivity contribution is -0.142. The number of carboxylic acid groups (broad SMARTS) is 1. The number of aromatic amines is 1. The maximum Gasteiger partial charge on any atom is 0.405 e. The van der Waals surface area contributed by atoms with Gasteiger partial charge in [-0.25, -0.2) is 4.79 Å². The Labute approximate surface area is 343 Å². The number of ether oxygens (including phenoxy) is 5. The van der Waals surface area contributed by atoms with Gasteiger partial charge in [0.05, 0.1) is 67.8 Å². The largest absolute Gasteiger partial charge is 0.491 e. The van der Waals surface area contributed by atoms with Crippen molar-refractivity contribution in [2.45, 2.75) is 69.5 Å². The van der Waals surface area contributed by atoms with Crippen molar-refractivity contribution in [1.29, 1.82) is 0 Å². The number of rotatable bonds is 24. The minimum atomic E-state index is -1.45. The molecule has 56 heavy (non-hydrogen) atoms. The first kappa shape index (κ1) is 45.0. The highest BCUT2D eigenvalue weighted by atomic mass is 35.5. The third-order valence-electron chi connectivity index (χ3n) is 9.68. The average Bonchev–Trinajstić information content (AvgIpc) is 3.53. The first-order valence-electron chi connectivity index (χ1n) is 18.7. The number of amides is 3. The summed E-state index contributed by atoms with van der Waals surface area (Å²) in [5.74, 6) is -0.371. The third kappa shape index (κ3) is 12.7. The SMILES string of the molecule is CCCC(C(N)=S)N(C)C(=O)C1(NC(=O)[C@H](CCc2ccc(OCCOCCOCCOCCOC)cc2)NC(=O)O)CCc2[nH]c3c(Cl)cc(Cl)cc3c2C1. The normalized spacial score (nSPS) is 16.2. The van der Waals surface area contributed by atoms with Gasteiger partial charge in [0.2, 0.25) is 11.8 Å². The van der Waals surface area contributed by atoms with Crippen molar-refractivity contribution in [2.75, 3.05) is 67.0 Å². The van der Waals surface area contributed by atoms with Gasteiger partial charge in [-0.3, -0.25) is 9.59 Å². The molecule has 0 fully saturated rings. The molecule has 0 saturated carbocycles. The van der Waals surface area contributed by atoms with E-state index in [9.17, 15) is 19.5 Å². The molecule has 3 aromatic rings. The van der Waals surface area contributed by atoms with Crippen molar-refractivity contribution >= 4 is 69.2 Å². The number of nitrogens with two attached hydrogens (primary N) is 1. The minimum Gasteiger partial charge on any atom is -0.491 e. The van der Waals surface area contributed by atoms with E-state index in [1.54, 1.807) is 38.4 Å². The van der Waals surface area contributed by atoms with E-state index in [1.807, 2.05) is 19.1 Å². The summed E-state index contributed by atoms with van der Waals surface area (Å²) in [6, 6.07) is 9.03. The molecule has 4 rings (SSSR count). The summed E-state index contributed by atoms with van der Waals surface area (Å²) in [5.41, 5.74) is 7.86. The molecule has 3 amide bonds. The molecule has 0 spiro atoms. The number of fused-ring (bicyclic) bond motifs is 3. The maximum atomic E-state index is 14.6. The second-order valence-corrected chi connectivity index (χ2v) is 14.9. The van der Waals surface area contributed by atoms with Crippen LogP contribution in [0.3, 0.4) is 0 Å². The summed E-state index contributed by atoms with van der Waals surface area (Å²) in [6.45, 7) is 5.63. The molecule has 17 heteroatoms. The zero-order valence-electron chi connectivity index (χ0n) is 32.1. The topological polar surface area (TPSA) is 187 Å². The Morgan fingerprint density at radius 2 is 1.64 bits per heavy atom. The van der Waals surface area contributed by atoms with Gasteiger partial charge < -0.3 is 55.0 Å². The van der Waals surface area contributed by atoms with Crippen LogP contribution >= 0.6 is 35.4 Å². The second-order valence-electron chi connectivity index (χ2n) is 13.6. The highest BCUT2D eigenvalue weighted by Gasteiger charge is 2.47. The standard InChI is InChI=1S/C39H53Cl2N5O9S/c1-4-5-33(35(42)56)46(2)37(48)39(13-12-31-29(24-39)28-22-26(40)23-30(41)34(28)43-31)45-36(47)32(44-38(49)50)11-8-25-6-9-27(10-7-25)55-21-20-54-19-18-53-17-16-52-15-14-51-3/h6-7,9-10,22-23,32-33,43-44H,4-5,8,11-21,24H2,1-3H3,(H2,42,56)(H,45,47)(H,49,50)/t32-,33?,39?/m0/s1. The number of carbonyl (C=O) groups is 3. The molecule has 2 unspecified atom stereocenters. The number of likely N-dealkylation sites (N-methyl/N-ethyl adjacent to an activating group) is 1. The molecule has 2 aromatic carbocycles. The number of aryl methyl sites for hydroxylation is 2. The fourth-order valence-corrected chi connectivity index (χ4v) is 7.62. The number of aromatic nitrogens is 1. The molecule has 1 heterocycles.